The van der Waals surface area contributed by atoms with E-state index in [2.05, 4.69) is 20.3 Å². The lowest BCUT2D eigenvalue weighted by Crippen LogP contribution is -2.16. The molecule has 17 heavy (non-hydrogen) atoms. The monoisotopic (exact) mass is 258 g/mol. The van der Waals surface area contributed by atoms with Crippen molar-refractivity contribution in [2.75, 3.05) is 18.5 Å². The van der Waals surface area contributed by atoms with Crippen LogP contribution in [0.25, 0.3) is 0 Å². The molecule has 4 N–H and O–H groups in total. The number of oxime groups is 1. The van der Waals surface area contributed by atoms with Crippen molar-refractivity contribution in [3.05, 3.63) is 11.1 Å². The Balaban J connectivity index is 2.85. The Hall–Kier alpha value is -2.00. The molecule has 0 aliphatic carbocycles. The predicted molar refractivity (Wildman–Crippen MR) is 61.0 cm³/mol. The first-order valence-electron chi connectivity index (χ1n) is 4.48. The zero-order valence-electron chi connectivity index (χ0n) is 8.62. The summed E-state index contributed by atoms with van der Waals surface area (Å²) in [5, 5.41) is 16.4. The average Bonchev–Trinajstić information content (AvgIpc) is 2.73. The fraction of sp³-hybridized carbons (Fsp3) is 0.250. The predicted octanol–water partition coefficient (Wildman–Crippen LogP) is -0.525. The summed E-state index contributed by atoms with van der Waals surface area (Å²) in [4.78, 5) is 29.6. The molecule has 0 atom stereocenters. The maximum atomic E-state index is 10.9. The van der Waals surface area contributed by atoms with Crippen molar-refractivity contribution in [1.29, 1.82) is 0 Å². The molecule has 1 aromatic heterocycles. The lowest BCUT2D eigenvalue weighted by molar-refractivity contribution is -0.129. The third-order valence-electron chi connectivity index (χ3n) is 1.50. The number of amides is 1. The molecule has 1 amide bonds. The van der Waals surface area contributed by atoms with E-state index in [0.29, 0.717) is 6.41 Å². The van der Waals surface area contributed by atoms with Crippen molar-refractivity contribution < 1.29 is 19.5 Å². The molecule has 9 heteroatoms. The second-order valence-corrected chi connectivity index (χ2v) is 3.53. The maximum Gasteiger partial charge on any atom is 0.360 e. The highest BCUT2D eigenvalue weighted by Gasteiger charge is 2.17. The zero-order valence-corrected chi connectivity index (χ0v) is 9.44. The van der Waals surface area contributed by atoms with Crippen molar-refractivity contribution >= 4 is 34.6 Å². The summed E-state index contributed by atoms with van der Waals surface area (Å²) in [6.07, 6.45) is 0.450. The van der Waals surface area contributed by atoms with Crippen LogP contribution < -0.4 is 11.1 Å². The average molecular weight is 258 g/mol. The number of hydrogen-bond donors (Lipinski definition) is 3. The Labute approximate surface area is 100 Å². The molecule has 92 valence electrons. The first-order valence-corrected chi connectivity index (χ1v) is 5.36. The quantitative estimate of drug-likeness (QED) is 0.261. The van der Waals surface area contributed by atoms with Crippen LogP contribution in [0.2, 0.25) is 0 Å². The van der Waals surface area contributed by atoms with Crippen molar-refractivity contribution in [2.45, 2.75) is 0 Å². The highest BCUT2D eigenvalue weighted by Crippen LogP contribution is 2.15. The van der Waals surface area contributed by atoms with Gasteiger partial charge in [0.1, 0.15) is 12.3 Å². The Kier molecular flexibility index (Phi) is 5.04. The Morgan fingerprint density at radius 3 is 3.12 bits per heavy atom. The van der Waals surface area contributed by atoms with E-state index in [4.69, 9.17) is 10.8 Å². The van der Waals surface area contributed by atoms with Gasteiger partial charge in [-0.1, -0.05) is 5.16 Å². The topological polar surface area (TPSA) is 127 Å². The zero-order chi connectivity index (χ0) is 12.7. The smallest absolute Gasteiger partial charge is 0.360 e. The summed E-state index contributed by atoms with van der Waals surface area (Å²) in [5.74, 6) is -1.27. The lowest BCUT2D eigenvalue weighted by Gasteiger charge is -1.98. The van der Waals surface area contributed by atoms with Crippen LogP contribution in [0, 0.1) is 0 Å². The van der Waals surface area contributed by atoms with E-state index >= 15 is 0 Å². The molecule has 0 radical (unpaired) electrons. The van der Waals surface area contributed by atoms with Gasteiger partial charge in [-0.25, -0.2) is 9.78 Å². The van der Waals surface area contributed by atoms with Gasteiger partial charge in [-0.3, -0.25) is 4.79 Å². The summed E-state index contributed by atoms with van der Waals surface area (Å²) in [6.45, 7) is 0.339. The third-order valence-corrected chi connectivity index (χ3v) is 2.27. The van der Waals surface area contributed by atoms with Gasteiger partial charge in [0, 0.05) is 11.9 Å². The van der Waals surface area contributed by atoms with E-state index in [0.717, 1.165) is 11.3 Å². The van der Waals surface area contributed by atoms with Crippen molar-refractivity contribution in [3.8, 4) is 0 Å². The number of thiazole rings is 1. The van der Waals surface area contributed by atoms with Crippen LogP contribution in [0.5, 0.6) is 0 Å². The molecule has 0 saturated carbocycles. The van der Waals surface area contributed by atoms with Gasteiger partial charge in [-0.2, -0.15) is 0 Å². The van der Waals surface area contributed by atoms with E-state index in [9.17, 15) is 9.59 Å². The van der Waals surface area contributed by atoms with Crippen LogP contribution in [0.3, 0.4) is 0 Å². The SMILES string of the molecule is NCCON=C(C(=O)O)c1csc(NC=O)n1. The van der Waals surface area contributed by atoms with E-state index in [-0.39, 0.29) is 29.7 Å². The van der Waals surface area contributed by atoms with Gasteiger partial charge in [0.05, 0.1) is 0 Å². The third kappa shape index (κ3) is 3.81. The fourth-order valence-corrected chi connectivity index (χ4v) is 1.51. The molecule has 0 fully saturated rings. The number of anilines is 1. The Morgan fingerprint density at radius 2 is 2.53 bits per heavy atom. The molecule has 0 bridgehead atoms. The van der Waals surface area contributed by atoms with E-state index in [1.807, 2.05) is 0 Å². The standard InChI is InChI=1S/C8H10N4O4S/c9-1-2-16-12-6(7(14)15)5-3-17-8(11-5)10-4-13/h3-4H,1-2,9H2,(H,14,15)(H,10,11,13). The number of rotatable bonds is 7. The molecular formula is C8H10N4O4S. The van der Waals surface area contributed by atoms with Crippen LogP contribution in [0.4, 0.5) is 5.13 Å². The molecule has 1 rings (SSSR count). The number of nitrogens with zero attached hydrogens (tertiary/aromatic N) is 2. The van der Waals surface area contributed by atoms with Gasteiger partial charge in [-0.15, -0.1) is 11.3 Å². The molecule has 0 aromatic carbocycles. The molecule has 0 unspecified atom stereocenters. The van der Waals surface area contributed by atoms with Gasteiger partial charge in [0.25, 0.3) is 0 Å². The minimum Gasteiger partial charge on any atom is -0.476 e. The highest BCUT2D eigenvalue weighted by atomic mass is 32.1. The summed E-state index contributed by atoms with van der Waals surface area (Å²) in [6, 6.07) is 0. The van der Waals surface area contributed by atoms with Crippen molar-refractivity contribution in [3.63, 3.8) is 0 Å². The van der Waals surface area contributed by atoms with Crippen LogP contribution in [-0.2, 0) is 14.4 Å². The molecule has 1 heterocycles. The Bertz CT molecular complexity index is 431. The van der Waals surface area contributed by atoms with Crippen LogP contribution >= 0.6 is 11.3 Å². The number of hydrogen-bond acceptors (Lipinski definition) is 7. The number of carbonyl (C=O) groups is 2. The fourth-order valence-electron chi connectivity index (χ4n) is 0.857. The second kappa shape index (κ2) is 6.55. The minimum atomic E-state index is -1.27. The molecule has 0 spiro atoms. The van der Waals surface area contributed by atoms with E-state index in [1.54, 1.807) is 0 Å². The summed E-state index contributed by atoms with van der Waals surface area (Å²) < 4.78 is 0. The van der Waals surface area contributed by atoms with Gasteiger partial charge in [0.15, 0.2) is 5.13 Å². The normalized spacial score (nSPS) is 11.0. The molecule has 0 aliphatic heterocycles. The molecule has 1 aromatic rings. The maximum absolute atomic E-state index is 10.9. The summed E-state index contributed by atoms with van der Waals surface area (Å²) in [7, 11) is 0. The first kappa shape index (κ1) is 13.1. The molecular weight excluding hydrogens is 248 g/mol. The van der Waals surface area contributed by atoms with E-state index in [1.165, 1.54) is 5.38 Å². The Morgan fingerprint density at radius 1 is 1.76 bits per heavy atom. The summed E-state index contributed by atoms with van der Waals surface area (Å²) >= 11 is 1.08. The number of nitrogens with one attached hydrogen (secondary N) is 1. The lowest BCUT2D eigenvalue weighted by atomic mass is 10.3. The molecule has 8 nitrogen and oxygen atoms in total. The van der Waals surface area contributed by atoms with Crippen LogP contribution in [-0.4, -0.2) is 41.3 Å². The number of aliphatic carboxylic acids is 1. The number of carboxylic acid groups (broad SMARTS) is 1. The van der Waals surface area contributed by atoms with Crippen LogP contribution in [0.15, 0.2) is 10.5 Å². The number of nitrogens with two attached hydrogens (primary N) is 1. The molecule has 0 aliphatic rings. The number of carbonyl (C=O) groups excluding carboxylic acids is 1. The van der Waals surface area contributed by atoms with Gasteiger partial charge >= 0.3 is 5.97 Å². The minimum absolute atomic E-state index is 0.111. The first-order chi connectivity index (χ1) is 8.19. The number of carboxylic acids is 1. The van der Waals surface area contributed by atoms with Gasteiger partial charge in [0.2, 0.25) is 12.1 Å². The van der Waals surface area contributed by atoms with Gasteiger partial charge < -0.3 is 21.0 Å². The van der Waals surface area contributed by atoms with Crippen molar-refractivity contribution in [1.82, 2.24) is 4.98 Å². The van der Waals surface area contributed by atoms with Crippen LogP contribution in [0.1, 0.15) is 5.69 Å². The summed E-state index contributed by atoms with van der Waals surface area (Å²) in [5.41, 5.74) is 4.94. The van der Waals surface area contributed by atoms with Gasteiger partial charge in [-0.05, 0) is 0 Å². The highest BCUT2D eigenvalue weighted by molar-refractivity contribution is 7.14. The van der Waals surface area contributed by atoms with Crippen molar-refractivity contribution in [2.24, 2.45) is 10.9 Å². The van der Waals surface area contributed by atoms with E-state index < -0.39 is 5.97 Å². The number of aromatic nitrogens is 1. The molecule has 0 saturated heterocycles. The largest absolute Gasteiger partial charge is 0.476 e. The second-order valence-electron chi connectivity index (χ2n) is 2.67.